The van der Waals surface area contributed by atoms with Crippen LogP contribution in [-0.2, 0) is 10.4 Å². The summed E-state index contributed by atoms with van der Waals surface area (Å²) < 4.78 is 216. The summed E-state index contributed by atoms with van der Waals surface area (Å²) in [6.45, 7) is 1.95. The number of hydrogen-bond donors (Lipinski definition) is 0. The second-order valence-electron chi connectivity index (χ2n) is 16.1. The van der Waals surface area contributed by atoms with Crippen molar-refractivity contribution in [2.24, 2.45) is 0 Å². The largest absolute Gasteiger partial charge is 0.473 e. The van der Waals surface area contributed by atoms with E-state index in [-0.39, 0.29) is 5.56 Å². The molecular weight excluding hydrogens is 936 g/mol. The smallest absolute Gasteiger partial charge is 0.460 e. The fourth-order valence-corrected chi connectivity index (χ4v) is 8.16. The highest BCUT2D eigenvalue weighted by Gasteiger charge is 2.94. The number of alkyl halides is 15. The Hall–Kier alpha value is -6.66. The van der Waals surface area contributed by atoms with E-state index >= 15 is 0 Å². The zero-order valence-corrected chi connectivity index (χ0v) is 34.5. The lowest BCUT2D eigenvalue weighted by atomic mass is 9.82. The van der Waals surface area contributed by atoms with Gasteiger partial charge in [0.25, 0.3) is 0 Å². The molecular formula is C49H32F15NO3. The van der Waals surface area contributed by atoms with Crippen LogP contribution in [0.4, 0.5) is 71.5 Å². The number of ether oxygens (including phenoxy) is 2. The van der Waals surface area contributed by atoms with Crippen molar-refractivity contribution in [2.75, 3.05) is 18.0 Å². The van der Waals surface area contributed by atoms with E-state index in [1.165, 1.54) is 0 Å². The first-order valence-corrected chi connectivity index (χ1v) is 20.4. The van der Waals surface area contributed by atoms with Gasteiger partial charge in [0, 0.05) is 35.5 Å². The molecule has 2 aliphatic rings. The molecule has 1 saturated heterocycles. The Morgan fingerprint density at radius 3 is 1.59 bits per heavy atom. The summed E-state index contributed by atoms with van der Waals surface area (Å²) in [5.41, 5.74) is 4.83. The van der Waals surface area contributed by atoms with Gasteiger partial charge in [-0.3, -0.25) is 0 Å². The maximum absolute atomic E-state index is 14.5. The van der Waals surface area contributed by atoms with Crippen LogP contribution >= 0.6 is 0 Å². The first kappa shape index (κ1) is 47.8. The van der Waals surface area contributed by atoms with Crippen LogP contribution < -0.4 is 14.4 Å². The predicted molar refractivity (Wildman–Crippen MR) is 221 cm³/mol. The van der Waals surface area contributed by atoms with Crippen LogP contribution in [0.3, 0.4) is 0 Å². The average molecular weight is 968 g/mol. The molecule has 356 valence electrons. The topological polar surface area (TPSA) is 38.8 Å². The molecule has 0 bridgehead atoms. The van der Waals surface area contributed by atoms with Crippen molar-refractivity contribution >= 4 is 28.5 Å². The predicted octanol–water partition coefficient (Wildman–Crippen LogP) is 14.4. The van der Waals surface area contributed by atoms with Crippen LogP contribution in [0, 0.1) is 0 Å². The van der Waals surface area contributed by atoms with E-state index in [0.717, 1.165) is 76.8 Å². The number of halogens is 15. The summed E-state index contributed by atoms with van der Waals surface area (Å²) in [4.78, 5) is 14.4. The molecule has 0 aliphatic carbocycles. The standard InChI is InChI=1S/C49H32F15NO3/c50-43(51,44(52,53)45(54,55)46(56,57)47(58,59)48(60,61)49(62,63)64)41(66)67-35-22-16-30(17-23-35)29-12-14-31(15-13-29)39-28-40-38(36-10-4-5-11-37(36)39)24-25-42(68-40,32-8-2-1-3-9-32)33-18-20-34(21-19-33)65-26-6-7-27-65/h1-5,8-25,28H,6-7,26-27H2. The van der Waals surface area contributed by atoms with Crippen molar-refractivity contribution in [1.29, 1.82) is 0 Å². The summed E-state index contributed by atoms with van der Waals surface area (Å²) in [5.74, 6) is -53.1. The van der Waals surface area contributed by atoms with Crippen LogP contribution in [0.15, 0.2) is 140 Å². The fourth-order valence-electron chi connectivity index (χ4n) is 8.16. The van der Waals surface area contributed by atoms with Gasteiger partial charge in [-0.25, -0.2) is 4.79 Å². The van der Waals surface area contributed by atoms with Gasteiger partial charge in [-0.05, 0) is 88.4 Å². The Bertz CT molecular complexity index is 2860. The lowest BCUT2D eigenvalue weighted by Gasteiger charge is -2.40. The Kier molecular flexibility index (Phi) is 11.6. The van der Waals surface area contributed by atoms with Crippen LogP contribution in [0.2, 0.25) is 0 Å². The number of nitrogens with zero attached hydrogens (tertiary/aromatic N) is 1. The molecule has 2 heterocycles. The molecule has 68 heavy (non-hydrogen) atoms. The summed E-state index contributed by atoms with van der Waals surface area (Å²) in [5, 5.41) is 1.73. The average Bonchev–Trinajstić information content (AvgIpc) is 3.87. The SMILES string of the molecule is O=C(Oc1ccc(-c2ccc(-c3cc4c(c5ccccc35)C=CC(c3ccccc3)(c3ccc(N5CCCC5)cc3)O4)cc2)cc1)C(F)(F)C(F)(F)C(F)(F)C(F)(F)C(F)(F)C(F)(F)C(F)(F)F. The van der Waals surface area contributed by atoms with E-state index in [0.29, 0.717) is 29.0 Å². The van der Waals surface area contributed by atoms with Crippen LogP contribution in [0.25, 0.3) is 39.1 Å². The van der Waals surface area contributed by atoms with Crippen molar-refractivity contribution in [3.63, 3.8) is 0 Å². The van der Waals surface area contributed by atoms with Crippen molar-refractivity contribution in [2.45, 2.75) is 60.2 Å². The Labute approximate surface area is 376 Å². The van der Waals surface area contributed by atoms with Crippen molar-refractivity contribution < 1.29 is 80.1 Å². The third-order valence-electron chi connectivity index (χ3n) is 12.0. The molecule has 1 fully saturated rings. The van der Waals surface area contributed by atoms with E-state index in [1.54, 1.807) is 24.3 Å². The van der Waals surface area contributed by atoms with E-state index < -0.39 is 59.0 Å². The maximum Gasteiger partial charge on any atom is 0.460 e. The molecule has 2 aliphatic heterocycles. The summed E-state index contributed by atoms with van der Waals surface area (Å²) >= 11 is 0. The van der Waals surface area contributed by atoms with Gasteiger partial charge in [0.1, 0.15) is 11.5 Å². The van der Waals surface area contributed by atoms with Crippen LogP contribution in [0.1, 0.15) is 29.5 Å². The molecule has 19 heteroatoms. The number of benzene rings is 6. The van der Waals surface area contributed by atoms with Gasteiger partial charge >= 0.3 is 47.7 Å². The highest BCUT2D eigenvalue weighted by atomic mass is 19.4. The number of anilines is 1. The highest BCUT2D eigenvalue weighted by molar-refractivity contribution is 6.03. The Balaban J connectivity index is 1.04. The van der Waals surface area contributed by atoms with Gasteiger partial charge in [0.15, 0.2) is 5.60 Å². The monoisotopic (exact) mass is 967 g/mol. The van der Waals surface area contributed by atoms with Crippen LogP contribution in [-0.4, -0.2) is 60.8 Å². The van der Waals surface area contributed by atoms with Crippen molar-refractivity contribution in [1.82, 2.24) is 0 Å². The lowest BCUT2D eigenvalue weighted by molar-refractivity contribution is -0.450. The third kappa shape index (κ3) is 7.48. The minimum atomic E-state index is -8.53. The minimum absolute atomic E-state index is 0.250. The highest BCUT2D eigenvalue weighted by Crippen LogP contribution is 2.62. The Morgan fingerprint density at radius 2 is 1.01 bits per heavy atom. The van der Waals surface area contributed by atoms with Gasteiger partial charge in [-0.15, -0.1) is 0 Å². The first-order valence-electron chi connectivity index (χ1n) is 20.4. The molecule has 1 unspecified atom stereocenters. The molecule has 1 atom stereocenters. The zero-order chi connectivity index (χ0) is 49.3. The number of rotatable bonds is 12. The molecule has 8 rings (SSSR count). The van der Waals surface area contributed by atoms with Gasteiger partial charge in [0.05, 0.1) is 0 Å². The Morgan fingerprint density at radius 1 is 0.529 bits per heavy atom. The number of hydrogen-bond acceptors (Lipinski definition) is 4. The molecule has 0 amide bonds. The fraction of sp³-hybridized carbons (Fsp3) is 0.245. The van der Waals surface area contributed by atoms with E-state index in [1.807, 2.05) is 72.8 Å². The number of esters is 1. The molecule has 0 radical (unpaired) electrons. The molecule has 0 aromatic heterocycles. The quantitative estimate of drug-likeness (QED) is 0.0696. The molecule has 0 saturated carbocycles. The summed E-state index contributed by atoms with van der Waals surface area (Å²) in [6.07, 6.45) is -1.44. The first-order chi connectivity index (χ1) is 31.8. The zero-order valence-electron chi connectivity index (χ0n) is 34.5. The van der Waals surface area contributed by atoms with Crippen molar-refractivity contribution in [3.8, 4) is 33.8 Å². The number of carbonyl (C=O) groups is 1. The van der Waals surface area contributed by atoms with E-state index in [4.69, 9.17) is 4.74 Å². The number of fused-ring (bicyclic) bond motifs is 3. The molecule has 0 N–H and O–H groups in total. The molecule has 6 aromatic carbocycles. The van der Waals surface area contributed by atoms with E-state index in [9.17, 15) is 70.7 Å². The van der Waals surface area contributed by atoms with Crippen molar-refractivity contribution in [3.05, 3.63) is 156 Å². The second-order valence-corrected chi connectivity index (χ2v) is 16.1. The van der Waals surface area contributed by atoms with Gasteiger partial charge in [-0.2, -0.15) is 65.9 Å². The molecule has 6 aromatic rings. The second kappa shape index (κ2) is 16.5. The molecule has 0 spiro atoms. The summed E-state index contributed by atoms with van der Waals surface area (Å²) in [7, 11) is 0. The van der Waals surface area contributed by atoms with Gasteiger partial charge in [0.2, 0.25) is 0 Å². The number of carbonyl (C=O) groups excluding carboxylic acids is 1. The maximum atomic E-state index is 14.5. The molecule has 4 nitrogen and oxygen atoms in total. The summed E-state index contributed by atoms with van der Waals surface area (Å²) in [6, 6.07) is 37.7. The normalized spacial score (nSPS) is 17.2. The third-order valence-corrected chi connectivity index (χ3v) is 12.0. The van der Waals surface area contributed by atoms with Crippen LogP contribution in [0.5, 0.6) is 11.5 Å². The van der Waals surface area contributed by atoms with Gasteiger partial charge < -0.3 is 14.4 Å². The lowest BCUT2D eigenvalue weighted by Crippen LogP contribution is -2.73. The van der Waals surface area contributed by atoms with E-state index in [2.05, 4.69) is 33.9 Å². The van der Waals surface area contributed by atoms with Gasteiger partial charge in [-0.1, -0.05) is 103 Å². The minimum Gasteiger partial charge on any atom is -0.473 e.